The first-order chi connectivity index (χ1) is 12.2. The van der Waals surface area contributed by atoms with E-state index in [0.29, 0.717) is 42.6 Å². The van der Waals surface area contributed by atoms with E-state index in [2.05, 4.69) is 6.92 Å². The second-order valence-corrected chi connectivity index (χ2v) is 10.2. The Morgan fingerprint density at radius 2 is 1.73 bits per heavy atom. The first-order valence-corrected chi connectivity index (χ1v) is 10.7. The molecule has 4 rings (SSSR count). The standard InChI is InChI=1S/C22H36O4/c1-14(23)22(25)11-8-19-18-5-4-15-12-21(24,13-26-3)10-7-16(15)17(18)6-9-20(19,22)2/h15-19,24-25H,4-13H2,1-3H3/t15-,16+,17-,18-,19+,20+,21-,22?/m1/s1. The van der Waals surface area contributed by atoms with Gasteiger partial charge in [0.05, 0.1) is 12.2 Å². The van der Waals surface area contributed by atoms with Gasteiger partial charge in [0.2, 0.25) is 0 Å². The summed E-state index contributed by atoms with van der Waals surface area (Å²) in [6, 6.07) is 0. The van der Waals surface area contributed by atoms with Crippen molar-refractivity contribution >= 4 is 5.78 Å². The SMILES string of the molecule is COC[C@@]1(O)CC[C@H]2[C@H](CC[C@@H]3[C@@H]2CC[C@@]2(C)[C@H]3CCC2(O)C(C)=O)C1. The van der Waals surface area contributed by atoms with Crippen molar-refractivity contribution in [1.29, 1.82) is 0 Å². The van der Waals surface area contributed by atoms with E-state index in [0.717, 1.165) is 38.5 Å². The predicted octanol–water partition coefficient (Wildman–Crippen LogP) is 3.34. The van der Waals surface area contributed by atoms with Gasteiger partial charge in [0.15, 0.2) is 5.78 Å². The van der Waals surface area contributed by atoms with Crippen molar-refractivity contribution in [1.82, 2.24) is 0 Å². The normalized spacial score (nSPS) is 53.5. The number of Topliss-reactive ketones (excluding diaryl/α,β-unsaturated/α-hetero) is 1. The summed E-state index contributed by atoms with van der Waals surface area (Å²) in [7, 11) is 1.68. The molecule has 4 nitrogen and oxygen atoms in total. The summed E-state index contributed by atoms with van der Waals surface area (Å²) in [6.45, 7) is 4.22. The molecule has 8 atom stereocenters. The monoisotopic (exact) mass is 364 g/mol. The molecule has 2 N–H and O–H groups in total. The molecular weight excluding hydrogens is 328 g/mol. The number of ketones is 1. The second-order valence-electron chi connectivity index (χ2n) is 10.2. The molecule has 4 aliphatic carbocycles. The van der Waals surface area contributed by atoms with Gasteiger partial charge in [-0.2, -0.15) is 0 Å². The summed E-state index contributed by atoms with van der Waals surface area (Å²) >= 11 is 0. The topological polar surface area (TPSA) is 66.8 Å². The molecule has 4 heteroatoms. The van der Waals surface area contributed by atoms with Crippen molar-refractivity contribution in [3.8, 4) is 0 Å². The highest BCUT2D eigenvalue weighted by molar-refractivity contribution is 5.86. The van der Waals surface area contributed by atoms with Crippen LogP contribution in [0.5, 0.6) is 0 Å². The van der Waals surface area contributed by atoms with E-state index in [1.54, 1.807) is 14.0 Å². The lowest BCUT2D eigenvalue weighted by atomic mass is 9.48. The maximum Gasteiger partial charge on any atom is 0.161 e. The predicted molar refractivity (Wildman–Crippen MR) is 99.6 cm³/mol. The van der Waals surface area contributed by atoms with Gasteiger partial charge in [-0.1, -0.05) is 6.92 Å². The second kappa shape index (κ2) is 6.28. The molecule has 0 bridgehead atoms. The lowest BCUT2D eigenvalue weighted by Crippen LogP contribution is -2.57. The summed E-state index contributed by atoms with van der Waals surface area (Å²) in [5, 5.41) is 22.0. The number of rotatable bonds is 3. The third-order valence-corrected chi connectivity index (χ3v) is 9.25. The molecule has 0 spiro atoms. The molecule has 0 aromatic rings. The van der Waals surface area contributed by atoms with Crippen LogP contribution < -0.4 is 0 Å². The first-order valence-electron chi connectivity index (χ1n) is 10.7. The largest absolute Gasteiger partial charge is 0.387 e. The maximum absolute atomic E-state index is 12.3. The highest BCUT2D eigenvalue weighted by Crippen LogP contribution is 2.65. The summed E-state index contributed by atoms with van der Waals surface area (Å²) in [6.07, 6.45) is 8.97. The molecule has 0 aliphatic heterocycles. The number of hydrogen-bond donors (Lipinski definition) is 2. The Balaban J connectivity index is 1.54. The number of fused-ring (bicyclic) bond motifs is 5. The molecule has 1 unspecified atom stereocenters. The van der Waals surface area contributed by atoms with Crippen molar-refractivity contribution in [3.05, 3.63) is 0 Å². The van der Waals surface area contributed by atoms with Crippen LogP contribution in [0.15, 0.2) is 0 Å². The van der Waals surface area contributed by atoms with Crippen LogP contribution in [0.1, 0.15) is 71.6 Å². The van der Waals surface area contributed by atoms with Gasteiger partial charge in [-0.15, -0.1) is 0 Å². The lowest BCUT2D eigenvalue weighted by molar-refractivity contribution is -0.165. The fourth-order valence-corrected chi connectivity index (χ4v) is 7.96. The molecule has 0 aromatic heterocycles. The number of carbonyl (C=O) groups is 1. The van der Waals surface area contributed by atoms with Crippen LogP contribution in [0.2, 0.25) is 0 Å². The minimum Gasteiger partial charge on any atom is -0.387 e. The smallest absolute Gasteiger partial charge is 0.161 e. The number of ether oxygens (including phenoxy) is 1. The highest BCUT2D eigenvalue weighted by atomic mass is 16.5. The Labute approximate surface area is 157 Å². The quantitative estimate of drug-likeness (QED) is 0.806. The van der Waals surface area contributed by atoms with Crippen LogP contribution in [0.4, 0.5) is 0 Å². The Morgan fingerprint density at radius 3 is 2.42 bits per heavy atom. The van der Waals surface area contributed by atoms with Crippen LogP contribution in [-0.4, -0.2) is 40.9 Å². The summed E-state index contributed by atoms with van der Waals surface area (Å²) in [5.41, 5.74) is -1.97. The van der Waals surface area contributed by atoms with Crippen LogP contribution in [-0.2, 0) is 9.53 Å². The zero-order valence-electron chi connectivity index (χ0n) is 16.7. The third kappa shape index (κ3) is 2.55. The Hall–Kier alpha value is -0.450. The van der Waals surface area contributed by atoms with E-state index in [4.69, 9.17) is 4.74 Å². The van der Waals surface area contributed by atoms with Gasteiger partial charge >= 0.3 is 0 Å². The fourth-order valence-electron chi connectivity index (χ4n) is 7.96. The van der Waals surface area contributed by atoms with Gasteiger partial charge < -0.3 is 14.9 Å². The molecule has 4 aliphatic rings. The van der Waals surface area contributed by atoms with E-state index in [-0.39, 0.29) is 11.2 Å². The van der Waals surface area contributed by atoms with Crippen molar-refractivity contribution in [2.45, 2.75) is 82.8 Å². The molecule has 0 heterocycles. The van der Waals surface area contributed by atoms with Crippen LogP contribution >= 0.6 is 0 Å². The minimum absolute atomic E-state index is 0.0306. The Morgan fingerprint density at radius 1 is 1.00 bits per heavy atom. The van der Waals surface area contributed by atoms with Crippen LogP contribution in [0.25, 0.3) is 0 Å². The minimum atomic E-state index is -1.11. The first kappa shape index (κ1) is 18.9. The zero-order valence-corrected chi connectivity index (χ0v) is 16.7. The number of hydrogen-bond acceptors (Lipinski definition) is 4. The lowest BCUT2D eigenvalue weighted by Gasteiger charge is -2.57. The van der Waals surface area contributed by atoms with E-state index in [1.807, 2.05) is 0 Å². The Bertz CT molecular complexity index is 576. The van der Waals surface area contributed by atoms with E-state index < -0.39 is 11.2 Å². The molecule has 148 valence electrons. The summed E-state index contributed by atoms with van der Waals surface area (Å²) < 4.78 is 5.28. The van der Waals surface area contributed by atoms with E-state index in [1.165, 1.54) is 12.8 Å². The molecule has 0 radical (unpaired) electrons. The Kier molecular flexibility index (Phi) is 4.57. The van der Waals surface area contributed by atoms with Gasteiger partial charge in [-0.05, 0) is 94.3 Å². The van der Waals surface area contributed by atoms with Crippen LogP contribution in [0, 0.1) is 35.0 Å². The van der Waals surface area contributed by atoms with Gasteiger partial charge in [-0.3, -0.25) is 4.79 Å². The average Bonchev–Trinajstić information content (AvgIpc) is 2.87. The van der Waals surface area contributed by atoms with Crippen molar-refractivity contribution < 1.29 is 19.7 Å². The summed E-state index contributed by atoms with van der Waals surface area (Å²) in [5.74, 6) is 3.14. The molecule has 0 amide bonds. The van der Waals surface area contributed by atoms with Crippen LogP contribution in [0.3, 0.4) is 0 Å². The molecule has 26 heavy (non-hydrogen) atoms. The van der Waals surface area contributed by atoms with Gasteiger partial charge in [0.1, 0.15) is 5.60 Å². The molecule has 0 aromatic carbocycles. The molecule has 4 saturated carbocycles. The van der Waals surface area contributed by atoms with E-state index >= 15 is 0 Å². The molecular formula is C22H36O4. The zero-order chi connectivity index (χ0) is 18.7. The van der Waals surface area contributed by atoms with Crippen molar-refractivity contribution in [2.24, 2.45) is 35.0 Å². The van der Waals surface area contributed by atoms with Gasteiger partial charge in [0.25, 0.3) is 0 Å². The molecule has 0 saturated heterocycles. The van der Waals surface area contributed by atoms with Crippen molar-refractivity contribution in [2.75, 3.05) is 13.7 Å². The van der Waals surface area contributed by atoms with Gasteiger partial charge in [0, 0.05) is 12.5 Å². The third-order valence-electron chi connectivity index (χ3n) is 9.25. The average molecular weight is 365 g/mol. The summed E-state index contributed by atoms with van der Waals surface area (Å²) in [4.78, 5) is 12.3. The number of methoxy groups -OCH3 is 1. The highest BCUT2D eigenvalue weighted by Gasteiger charge is 2.64. The number of carbonyl (C=O) groups excluding carboxylic acids is 1. The van der Waals surface area contributed by atoms with Gasteiger partial charge in [-0.25, -0.2) is 0 Å². The number of aliphatic hydroxyl groups is 2. The molecule has 4 fully saturated rings. The maximum atomic E-state index is 12.3. The fraction of sp³-hybridized carbons (Fsp3) is 0.955. The van der Waals surface area contributed by atoms with E-state index in [9.17, 15) is 15.0 Å². The van der Waals surface area contributed by atoms with Crippen molar-refractivity contribution in [3.63, 3.8) is 0 Å².